The monoisotopic (exact) mass is 422 g/mol. The summed E-state index contributed by atoms with van der Waals surface area (Å²) in [5.41, 5.74) is 4.48. The van der Waals surface area contributed by atoms with Gasteiger partial charge in [0.2, 0.25) is 0 Å². The van der Waals surface area contributed by atoms with Crippen molar-refractivity contribution < 1.29 is 14.2 Å². The summed E-state index contributed by atoms with van der Waals surface area (Å²) in [5.74, 6) is 0.983. The van der Waals surface area contributed by atoms with E-state index in [1.807, 2.05) is 0 Å². The van der Waals surface area contributed by atoms with Gasteiger partial charge >= 0.3 is 0 Å². The Kier molecular flexibility index (Phi) is 5.62. The second kappa shape index (κ2) is 7.85. The molecular formula is C28H38O3. The van der Waals surface area contributed by atoms with Crippen LogP contribution in [0.5, 0.6) is 11.5 Å². The SMILES string of the molecule is CCCCCOC1C2(CC(C)(C)c3ccc(C)cc3O2)Oc2cc(C)ccc2C1(C)C. The summed E-state index contributed by atoms with van der Waals surface area (Å²) < 4.78 is 20.3. The van der Waals surface area contributed by atoms with Crippen molar-refractivity contribution in [1.82, 2.24) is 0 Å². The van der Waals surface area contributed by atoms with E-state index in [-0.39, 0.29) is 16.9 Å². The van der Waals surface area contributed by atoms with Crippen LogP contribution in [-0.4, -0.2) is 18.5 Å². The summed E-state index contributed by atoms with van der Waals surface area (Å²) in [6.07, 6.45) is 3.94. The third kappa shape index (κ3) is 3.86. The normalized spacial score (nSPS) is 25.3. The Labute approximate surface area is 188 Å². The smallest absolute Gasteiger partial charge is 0.278 e. The number of ether oxygens (including phenoxy) is 3. The molecule has 0 aliphatic carbocycles. The summed E-state index contributed by atoms with van der Waals surface area (Å²) in [6, 6.07) is 13.0. The van der Waals surface area contributed by atoms with Gasteiger partial charge in [0.1, 0.15) is 17.6 Å². The molecule has 1 spiro atoms. The van der Waals surface area contributed by atoms with Crippen molar-refractivity contribution in [2.45, 2.75) is 96.9 Å². The first-order valence-corrected chi connectivity index (χ1v) is 11.8. The Bertz CT molecular complexity index is 955. The van der Waals surface area contributed by atoms with E-state index in [9.17, 15) is 0 Å². The molecule has 0 N–H and O–H groups in total. The maximum atomic E-state index is 6.83. The molecule has 2 aliphatic rings. The van der Waals surface area contributed by atoms with E-state index >= 15 is 0 Å². The van der Waals surface area contributed by atoms with Gasteiger partial charge in [0, 0.05) is 35.0 Å². The first kappa shape index (κ1) is 22.2. The van der Waals surface area contributed by atoms with Gasteiger partial charge in [0.15, 0.2) is 0 Å². The lowest BCUT2D eigenvalue weighted by Crippen LogP contribution is -2.66. The molecule has 0 fully saturated rings. The lowest BCUT2D eigenvalue weighted by atomic mass is 9.67. The highest BCUT2D eigenvalue weighted by Crippen LogP contribution is 2.54. The zero-order valence-corrected chi connectivity index (χ0v) is 20.3. The standard InChI is InChI=1S/C28H38O3/c1-8-9-10-15-29-25-27(6,7)22-14-12-20(3)17-24(22)31-28(25)18-26(4,5)21-13-11-19(2)16-23(21)30-28/h11-14,16-17,25H,8-10,15,18H2,1-7H3. The maximum Gasteiger partial charge on any atom is 0.278 e. The first-order chi connectivity index (χ1) is 14.6. The molecule has 4 rings (SSSR count). The van der Waals surface area contributed by atoms with E-state index in [0.717, 1.165) is 30.9 Å². The Morgan fingerprint density at radius 3 is 2.06 bits per heavy atom. The lowest BCUT2D eigenvalue weighted by Gasteiger charge is -2.55. The molecule has 3 nitrogen and oxygen atoms in total. The minimum absolute atomic E-state index is 0.0935. The fourth-order valence-corrected chi connectivity index (χ4v) is 5.48. The molecule has 0 saturated heterocycles. The van der Waals surface area contributed by atoms with Gasteiger partial charge < -0.3 is 14.2 Å². The van der Waals surface area contributed by atoms with E-state index in [1.54, 1.807) is 0 Å². The van der Waals surface area contributed by atoms with Crippen LogP contribution in [0.3, 0.4) is 0 Å². The summed E-state index contributed by atoms with van der Waals surface area (Å²) in [7, 11) is 0. The maximum absolute atomic E-state index is 6.83. The van der Waals surface area contributed by atoms with Crippen molar-refractivity contribution in [3.05, 3.63) is 58.7 Å². The Hall–Kier alpha value is -2.00. The van der Waals surface area contributed by atoms with Crippen molar-refractivity contribution in [3.8, 4) is 11.5 Å². The molecule has 2 atom stereocenters. The topological polar surface area (TPSA) is 27.7 Å². The highest BCUT2D eigenvalue weighted by atomic mass is 16.7. The van der Waals surface area contributed by atoms with E-state index in [2.05, 4.69) is 84.9 Å². The second-order valence-electron chi connectivity index (χ2n) is 10.8. The molecule has 2 aromatic rings. The van der Waals surface area contributed by atoms with Gasteiger partial charge in [-0.3, -0.25) is 0 Å². The third-order valence-electron chi connectivity index (χ3n) is 7.04. The third-order valence-corrected chi connectivity index (χ3v) is 7.04. The molecular weight excluding hydrogens is 384 g/mol. The van der Waals surface area contributed by atoms with E-state index in [1.165, 1.54) is 35.1 Å². The van der Waals surface area contributed by atoms with Crippen LogP contribution in [0.15, 0.2) is 36.4 Å². The summed E-state index contributed by atoms with van der Waals surface area (Å²) in [5, 5.41) is 0. The van der Waals surface area contributed by atoms with Gasteiger partial charge in [-0.15, -0.1) is 0 Å². The zero-order chi connectivity index (χ0) is 22.4. The molecule has 2 heterocycles. The van der Waals surface area contributed by atoms with Crippen LogP contribution in [0.4, 0.5) is 0 Å². The molecule has 31 heavy (non-hydrogen) atoms. The first-order valence-electron chi connectivity index (χ1n) is 11.8. The van der Waals surface area contributed by atoms with Crippen LogP contribution in [0.25, 0.3) is 0 Å². The van der Waals surface area contributed by atoms with Crippen LogP contribution >= 0.6 is 0 Å². The molecule has 0 bridgehead atoms. The number of fused-ring (bicyclic) bond motifs is 2. The Morgan fingerprint density at radius 1 is 0.871 bits per heavy atom. The van der Waals surface area contributed by atoms with Gasteiger partial charge in [0.05, 0.1) is 0 Å². The van der Waals surface area contributed by atoms with Gasteiger partial charge in [-0.1, -0.05) is 71.7 Å². The number of unbranched alkanes of at least 4 members (excludes halogenated alkanes) is 2. The largest absolute Gasteiger partial charge is 0.449 e. The van der Waals surface area contributed by atoms with Gasteiger partial charge in [-0.25, -0.2) is 0 Å². The second-order valence-corrected chi connectivity index (χ2v) is 10.8. The fourth-order valence-electron chi connectivity index (χ4n) is 5.48. The van der Waals surface area contributed by atoms with Crippen LogP contribution in [-0.2, 0) is 15.6 Å². The minimum atomic E-state index is -0.860. The average molecular weight is 423 g/mol. The summed E-state index contributed by atoms with van der Waals surface area (Å²) in [4.78, 5) is 0. The highest BCUT2D eigenvalue weighted by Gasteiger charge is 2.61. The van der Waals surface area contributed by atoms with E-state index in [0.29, 0.717) is 0 Å². The molecule has 2 unspecified atom stereocenters. The van der Waals surface area contributed by atoms with Crippen LogP contribution < -0.4 is 9.47 Å². The van der Waals surface area contributed by atoms with Gasteiger partial charge in [-0.2, -0.15) is 0 Å². The molecule has 168 valence electrons. The fraction of sp³-hybridized carbons (Fsp3) is 0.571. The summed E-state index contributed by atoms with van der Waals surface area (Å²) >= 11 is 0. The number of benzene rings is 2. The number of rotatable bonds is 5. The molecule has 2 aliphatic heterocycles. The Morgan fingerprint density at radius 2 is 1.45 bits per heavy atom. The van der Waals surface area contributed by atoms with Crippen molar-refractivity contribution in [1.29, 1.82) is 0 Å². The molecule has 0 radical (unpaired) electrons. The van der Waals surface area contributed by atoms with Crippen molar-refractivity contribution >= 4 is 0 Å². The van der Waals surface area contributed by atoms with Crippen LogP contribution in [0.1, 0.15) is 82.6 Å². The van der Waals surface area contributed by atoms with Crippen LogP contribution in [0.2, 0.25) is 0 Å². The minimum Gasteiger partial charge on any atom is -0.449 e. The highest BCUT2D eigenvalue weighted by molar-refractivity contribution is 5.49. The molecule has 2 aromatic carbocycles. The van der Waals surface area contributed by atoms with Gasteiger partial charge in [-0.05, 0) is 43.5 Å². The van der Waals surface area contributed by atoms with Crippen molar-refractivity contribution in [3.63, 3.8) is 0 Å². The van der Waals surface area contributed by atoms with Gasteiger partial charge in [0.25, 0.3) is 5.79 Å². The number of hydrogen-bond donors (Lipinski definition) is 0. The predicted molar refractivity (Wildman–Crippen MR) is 126 cm³/mol. The molecule has 0 saturated carbocycles. The van der Waals surface area contributed by atoms with Crippen LogP contribution in [0, 0.1) is 13.8 Å². The zero-order valence-electron chi connectivity index (χ0n) is 20.3. The molecule has 0 amide bonds. The molecule has 0 aromatic heterocycles. The average Bonchev–Trinajstić information content (AvgIpc) is 2.65. The predicted octanol–water partition coefficient (Wildman–Crippen LogP) is 7.01. The van der Waals surface area contributed by atoms with E-state index < -0.39 is 5.79 Å². The van der Waals surface area contributed by atoms with E-state index in [4.69, 9.17) is 14.2 Å². The quantitative estimate of drug-likeness (QED) is 0.485. The summed E-state index contributed by atoms with van der Waals surface area (Å²) in [6.45, 7) is 16.3. The van der Waals surface area contributed by atoms with Crippen molar-refractivity contribution in [2.24, 2.45) is 0 Å². The van der Waals surface area contributed by atoms with Crippen molar-refractivity contribution in [2.75, 3.05) is 6.61 Å². The lowest BCUT2D eigenvalue weighted by molar-refractivity contribution is -0.248. The number of hydrogen-bond acceptors (Lipinski definition) is 3. The molecule has 3 heteroatoms. The Balaban J connectivity index is 1.83. The number of aryl methyl sites for hydroxylation is 2.